The third-order valence-corrected chi connectivity index (χ3v) is 4.10. The van der Waals surface area contributed by atoms with E-state index in [2.05, 4.69) is 19.9 Å². The Balaban J connectivity index is 2.13. The lowest BCUT2D eigenvalue weighted by Crippen LogP contribution is -1.98. The average molecular weight is 317 g/mol. The molecule has 5 nitrogen and oxygen atoms in total. The van der Waals surface area contributed by atoms with E-state index >= 15 is 0 Å². The zero-order valence-electron chi connectivity index (χ0n) is 10.9. The Morgan fingerprint density at radius 2 is 1.95 bits per heavy atom. The van der Waals surface area contributed by atoms with Gasteiger partial charge >= 0.3 is 0 Å². The molecule has 0 bridgehead atoms. The highest BCUT2D eigenvalue weighted by molar-refractivity contribution is 7.99. The SMILES string of the molecule is Cc1nc(Cl)c(C=O)c(Sc2ncnc3ccccc23)n1. The van der Waals surface area contributed by atoms with Crippen molar-refractivity contribution in [3.8, 4) is 0 Å². The first-order chi connectivity index (χ1) is 10.2. The van der Waals surface area contributed by atoms with E-state index in [9.17, 15) is 4.79 Å². The summed E-state index contributed by atoms with van der Waals surface area (Å²) in [5.74, 6) is 0.506. The third kappa shape index (κ3) is 2.72. The minimum Gasteiger partial charge on any atom is -0.298 e. The molecule has 7 heteroatoms. The van der Waals surface area contributed by atoms with Gasteiger partial charge in [0.15, 0.2) is 6.29 Å². The Hall–Kier alpha value is -2.05. The maximum atomic E-state index is 11.2. The van der Waals surface area contributed by atoms with Crippen LogP contribution >= 0.6 is 23.4 Å². The smallest absolute Gasteiger partial charge is 0.155 e. The molecule has 0 saturated carbocycles. The van der Waals surface area contributed by atoms with Crippen LogP contribution in [0.4, 0.5) is 0 Å². The maximum Gasteiger partial charge on any atom is 0.155 e. The van der Waals surface area contributed by atoms with Crippen molar-refractivity contribution in [2.24, 2.45) is 0 Å². The van der Waals surface area contributed by atoms with Crippen molar-refractivity contribution in [2.45, 2.75) is 17.0 Å². The zero-order chi connectivity index (χ0) is 14.8. The first-order valence-electron chi connectivity index (χ1n) is 6.06. The molecular weight excluding hydrogens is 308 g/mol. The van der Waals surface area contributed by atoms with Gasteiger partial charge < -0.3 is 0 Å². The van der Waals surface area contributed by atoms with Crippen LogP contribution < -0.4 is 0 Å². The number of hydrogen-bond donors (Lipinski definition) is 0. The van der Waals surface area contributed by atoms with Gasteiger partial charge in [-0.1, -0.05) is 29.8 Å². The second kappa shape index (κ2) is 5.75. The molecule has 0 saturated heterocycles. The van der Waals surface area contributed by atoms with E-state index in [-0.39, 0.29) is 10.7 Å². The molecule has 0 fully saturated rings. The first-order valence-corrected chi connectivity index (χ1v) is 7.25. The number of halogens is 1. The van der Waals surface area contributed by atoms with E-state index in [1.165, 1.54) is 18.1 Å². The molecule has 3 aromatic rings. The highest BCUT2D eigenvalue weighted by atomic mass is 35.5. The van der Waals surface area contributed by atoms with Gasteiger partial charge in [0.25, 0.3) is 0 Å². The van der Waals surface area contributed by atoms with E-state index in [4.69, 9.17) is 11.6 Å². The molecule has 0 radical (unpaired) electrons. The minimum absolute atomic E-state index is 0.151. The van der Waals surface area contributed by atoms with Gasteiger partial charge in [0.05, 0.1) is 11.1 Å². The summed E-state index contributed by atoms with van der Waals surface area (Å²) in [6.07, 6.45) is 2.15. The zero-order valence-corrected chi connectivity index (χ0v) is 12.5. The number of aldehydes is 1. The lowest BCUT2D eigenvalue weighted by atomic mass is 10.2. The van der Waals surface area contributed by atoms with Crippen LogP contribution in [0.15, 0.2) is 40.6 Å². The van der Waals surface area contributed by atoms with Crippen LogP contribution in [0.5, 0.6) is 0 Å². The topological polar surface area (TPSA) is 68.6 Å². The van der Waals surface area contributed by atoms with Crippen molar-refractivity contribution in [3.05, 3.63) is 47.1 Å². The quantitative estimate of drug-likeness (QED) is 0.545. The van der Waals surface area contributed by atoms with Crippen molar-refractivity contribution in [2.75, 3.05) is 0 Å². The van der Waals surface area contributed by atoms with Crippen LogP contribution in [0, 0.1) is 6.92 Å². The maximum absolute atomic E-state index is 11.2. The fourth-order valence-electron chi connectivity index (χ4n) is 1.85. The van der Waals surface area contributed by atoms with Crippen LogP contribution in [-0.2, 0) is 0 Å². The van der Waals surface area contributed by atoms with E-state index in [1.807, 2.05) is 24.3 Å². The molecule has 2 heterocycles. The van der Waals surface area contributed by atoms with E-state index < -0.39 is 0 Å². The highest BCUT2D eigenvalue weighted by Gasteiger charge is 2.14. The minimum atomic E-state index is 0.151. The van der Waals surface area contributed by atoms with Crippen LogP contribution in [-0.4, -0.2) is 26.2 Å². The van der Waals surface area contributed by atoms with Gasteiger partial charge in [0.2, 0.25) is 0 Å². The van der Waals surface area contributed by atoms with Gasteiger partial charge in [0.1, 0.15) is 27.4 Å². The fraction of sp³-hybridized carbons (Fsp3) is 0.0714. The summed E-state index contributed by atoms with van der Waals surface area (Å²) in [7, 11) is 0. The molecule has 0 spiro atoms. The standard InChI is InChI=1S/C14H9ClN4OS/c1-8-18-12(15)10(6-20)14(19-8)21-13-9-4-2-3-5-11(9)16-7-17-13/h2-7H,1H3. The Kier molecular flexibility index (Phi) is 3.81. The summed E-state index contributed by atoms with van der Waals surface area (Å²) in [5, 5.41) is 2.26. The van der Waals surface area contributed by atoms with Crippen LogP contribution in [0.3, 0.4) is 0 Å². The summed E-state index contributed by atoms with van der Waals surface area (Å²) in [5.41, 5.74) is 1.11. The lowest BCUT2D eigenvalue weighted by Gasteiger charge is -2.07. The molecule has 1 aromatic carbocycles. The Labute approximate surface area is 129 Å². The number of rotatable bonds is 3. The number of nitrogens with zero attached hydrogens (tertiary/aromatic N) is 4. The average Bonchev–Trinajstić information content (AvgIpc) is 2.47. The number of carbonyl (C=O) groups excluding carboxylic acids is 1. The molecule has 0 aliphatic heterocycles. The monoisotopic (exact) mass is 316 g/mol. The summed E-state index contributed by atoms with van der Waals surface area (Å²) in [4.78, 5) is 27.9. The number of para-hydroxylation sites is 1. The summed E-state index contributed by atoms with van der Waals surface area (Å²) in [6.45, 7) is 1.72. The number of benzene rings is 1. The first kappa shape index (κ1) is 13.9. The summed E-state index contributed by atoms with van der Waals surface area (Å²) >= 11 is 7.27. The second-order valence-electron chi connectivity index (χ2n) is 4.20. The van der Waals surface area contributed by atoms with Gasteiger partial charge in [-0.25, -0.2) is 19.9 Å². The van der Waals surface area contributed by atoms with Crippen LogP contribution in [0.25, 0.3) is 10.9 Å². The summed E-state index contributed by atoms with van der Waals surface area (Å²) < 4.78 is 0. The lowest BCUT2D eigenvalue weighted by molar-refractivity contribution is 0.112. The fourth-order valence-corrected chi connectivity index (χ4v) is 3.16. The number of carbonyl (C=O) groups is 1. The summed E-state index contributed by atoms with van der Waals surface area (Å²) in [6, 6.07) is 7.65. The van der Waals surface area contributed by atoms with Crippen molar-refractivity contribution in [1.82, 2.24) is 19.9 Å². The van der Waals surface area contributed by atoms with Crippen molar-refractivity contribution < 1.29 is 4.79 Å². The van der Waals surface area contributed by atoms with E-state index in [0.29, 0.717) is 17.1 Å². The molecule has 0 aliphatic rings. The Morgan fingerprint density at radius 3 is 2.76 bits per heavy atom. The van der Waals surface area contributed by atoms with E-state index in [0.717, 1.165) is 15.9 Å². The van der Waals surface area contributed by atoms with Crippen molar-refractivity contribution >= 4 is 40.6 Å². The molecule has 0 atom stereocenters. The largest absolute Gasteiger partial charge is 0.298 e. The number of hydrogen-bond acceptors (Lipinski definition) is 6. The normalized spacial score (nSPS) is 10.8. The third-order valence-electron chi connectivity index (χ3n) is 2.79. The van der Waals surface area contributed by atoms with Gasteiger partial charge in [0, 0.05) is 5.39 Å². The number of fused-ring (bicyclic) bond motifs is 1. The van der Waals surface area contributed by atoms with Crippen LogP contribution in [0.1, 0.15) is 16.2 Å². The molecular formula is C14H9ClN4OS. The van der Waals surface area contributed by atoms with Crippen LogP contribution in [0.2, 0.25) is 5.15 Å². The molecule has 2 aromatic heterocycles. The molecule has 0 amide bonds. The van der Waals surface area contributed by atoms with Gasteiger partial charge in [-0.2, -0.15) is 0 Å². The molecule has 21 heavy (non-hydrogen) atoms. The van der Waals surface area contributed by atoms with Gasteiger partial charge in [-0.15, -0.1) is 0 Å². The van der Waals surface area contributed by atoms with E-state index in [1.54, 1.807) is 6.92 Å². The van der Waals surface area contributed by atoms with Crippen molar-refractivity contribution in [1.29, 1.82) is 0 Å². The molecule has 104 valence electrons. The molecule has 3 rings (SSSR count). The predicted octanol–water partition coefficient (Wildman–Crippen LogP) is 3.35. The van der Waals surface area contributed by atoms with Gasteiger partial charge in [-0.3, -0.25) is 4.79 Å². The predicted molar refractivity (Wildman–Crippen MR) is 80.8 cm³/mol. The Morgan fingerprint density at radius 1 is 1.14 bits per heavy atom. The highest BCUT2D eigenvalue weighted by Crippen LogP contribution is 2.33. The number of aromatic nitrogens is 4. The van der Waals surface area contributed by atoms with Gasteiger partial charge in [-0.05, 0) is 24.8 Å². The second-order valence-corrected chi connectivity index (χ2v) is 5.53. The van der Waals surface area contributed by atoms with Crippen molar-refractivity contribution in [3.63, 3.8) is 0 Å². The molecule has 0 aliphatic carbocycles. The molecule has 0 unspecified atom stereocenters. The molecule has 0 N–H and O–H groups in total. The Bertz CT molecular complexity index is 835. The number of aryl methyl sites for hydroxylation is 1.